The molecule has 3 aromatic carbocycles. The summed E-state index contributed by atoms with van der Waals surface area (Å²) in [6.45, 7) is 48.4. The Morgan fingerprint density at radius 1 is 0.641 bits per heavy atom. The van der Waals surface area contributed by atoms with E-state index in [2.05, 4.69) is 223 Å². The molecule has 4 unspecified atom stereocenters. The van der Waals surface area contributed by atoms with Gasteiger partial charge >= 0.3 is 383 Å². The molecule has 0 saturated heterocycles. The van der Waals surface area contributed by atoms with Crippen molar-refractivity contribution in [3.05, 3.63) is 144 Å². The number of benzene rings is 3. The van der Waals surface area contributed by atoms with Crippen LogP contribution in [0.1, 0.15) is 167 Å². The van der Waals surface area contributed by atoms with Crippen molar-refractivity contribution in [1.29, 1.82) is 0 Å². The van der Waals surface area contributed by atoms with Crippen LogP contribution in [0, 0.1) is 38.9 Å². The number of rotatable bonds is 4. The van der Waals surface area contributed by atoms with Crippen LogP contribution in [0.5, 0.6) is 0 Å². The molecule has 4 atom stereocenters. The van der Waals surface area contributed by atoms with Gasteiger partial charge in [-0.1, -0.05) is 0 Å². The zero-order chi connectivity index (χ0) is 45.8. The van der Waals surface area contributed by atoms with Crippen LogP contribution >= 0.6 is 24.8 Å². The summed E-state index contributed by atoms with van der Waals surface area (Å²) in [5.74, 6) is 0.641. The molecule has 3 heteroatoms. The van der Waals surface area contributed by atoms with Gasteiger partial charge in [-0.3, -0.25) is 0 Å². The first-order valence-corrected chi connectivity index (χ1v) is 30.9. The third-order valence-electron chi connectivity index (χ3n) is 20.2. The van der Waals surface area contributed by atoms with Gasteiger partial charge in [-0.05, 0) is 0 Å². The molecule has 0 aliphatic heterocycles. The minimum absolute atomic E-state index is 0. The number of hydrogen-bond acceptors (Lipinski definition) is 0. The first-order valence-electron chi connectivity index (χ1n) is 24.3. The Kier molecular flexibility index (Phi) is 12.3. The summed E-state index contributed by atoms with van der Waals surface area (Å²) in [4.78, 5) is 0. The molecule has 1 saturated carbocycles. The molecule has 8 rings (SSSR count). The molecule has 1 fully saturated rings. The Bertz CT molecular complexity index is 2550. The summed E-state index contributed by atoms with van der Waals surface area (Å²) in [6, 6.07) is 30.0. The molecule has 0 amide bonds. The van der Waals surface area contributed by atoms with E-state index in [9.17, 15) is 0 Å². The summed E-state index contributed by atoms with van der Waals surface area (Å²) in [5.41, 5.74) is 14.8. The Morgan fingerprint density at radius 2 is 1.14 bits per heavy atom. The molecule has 346 valence electrons. The van der Waals surface area contributed by atoms with E-state index in [1.165, 1.54) is 46.4 Å². The molecule has 0 N–H and O–H groups in total. The van der Waals surface area contributed by atoms with Crippen LogP contribution < -0.4 is 6.54 Å². The van der Waals surface area contributed by atoms with E-state index in [-0.39, 0.29) is 71.8 Å². The zero-order valence-electron chi connectivity index (χ0n) is 43.5. The first-order chi connectivity index (χ1) is 28.4. The van der Waals surface area contributed by atoms with Crippen molar-refractivity contribution in [2.24, 2.45) is 38.9 Å². The predicted molar refractivity (Wildman–Crippen MR) is 284 cm³/mol. The average Bonchev–Trinajstić information content (AvgIpc) is 3.73. The van der Waals surface area contributed by atoms with Gasteiger partial charge in [0.05, 0.1) is 0 Å². The molecule has 0 nitrogen and oxygen atoms in total. The standard InChI is InChI=1S/C29H37.C11H17.2C10H13.CH2.2ClH.Zr/c1-18-25-22-17-19-13-9-10-14-20(19)24(22)21-15-11-12-16-23(21)29(25,8)28(6,7)27(4,5)26(18,2)3;1-8-6-9(2)10(7-8)11(3,4)5;2*1-10(2,3)9-7-5-4-6-8-9;;;;/h9-11,13-15,23H,12,16-17H2,1-8H3;7-8H,1-5H3;2*5-8H,1-3H3;1H2;2*1H;. The summed E-state index contributed by atoms with van der Waals surface area (Å²) in [6.07, 6.45) is 11.0. The number of fused-ring (bicyclic) bond motifs is 6. The number of hydrogen-bond donors (Lipinski definition) is 0. The molecule has 5 aliphatic rings. The molecular formula is C61H84Cl2Zr. The third kappa shape index (κ3) is 6.09. The van der Waals surface area contributed by atoms with Crippen LogP contribution in [0.15, 0.2) is 122 Å². The van der Waals surface area contributed by atoms with Crippen LogP contribution in [0.3, 0.4) is 0 Å². The van der Waals surface area contributed by atoms with E-state index < -0.39 is 18.3 Å². The zero-order valence-corrected chi connectivity index (χ0v) is 47.6. The summed E-state index contributed by atoms with van der Waals surface area (Å²) < 4.78 is 10.8. The van der Waals surface area contributed by atoms with Crippen molar-refractivity contribution in [3.63, 3.8) is 0 Å². The van der Waals surface area contributed by atoms with Crippen molar-refractivity contribution < 1.29 is 18.3 Å². The second kappa shape index (κ2) is 15.4. The van der Waals surface area contributed by atoms with Crippen molar-refractivity contribution >= 4 is 41.1 Å². The molecule has 0 aromatic heterocycles. The van der Waals surface area contributed by atoms with Crippen molar-refractivity contribution in [2.45, 2.75) is 165 Å². The Hall–Kier alpha value is -2.31. The van der Waals surface area contributed by atoms with Gasteiger partial charge in [0.15, 0.2) is 0 Å². The minimum atomic E-state index is -5.60. The van der Waals surface area contributed by atoms with E-state index in [0.29, 0.717) is 5.92 Å². The summed E-state index contributed by atoms with van der Waals surface area (Å²) >= 11 is -5.60. The predicted octanol–water partition coefficient (Wildman–Crippen LogP) is 16.7. The van der Waals surface area contributed by atoms with E-state index in [1.54, 1.807) is 25.6 Å². The van der Waals surface area contributed by atoms with E-state index in [4.69, 9.17) is 4.21 Å². The topological polar surface area (TPSA) is 0 Å². The molecular weight excluding hydrogens is 895 g/mol. The molecule has 0 bridgehead atoms. The normalized spacial score (nSPS) is 27.2. The maximum atomic E-state index is 6.47. The maximum absolute atomic E-state index is 6.47. The monoisotopic (exact) mass is 976 g/mol. The number of allylic oxidation sites excluding steroid dienone is 10. The number of halogens is 2. The van der Waals surface area contributed by atoms with Crippen LogP contribution in [0.2, 0.25) is 3.12 Å². The van der Waals surface area contributed by atoms with Crippen LogP contribution in [0.4, 0.5) is 0 Å². The molecule has 3 aromatic rings. The van der Waals surface area contributed by atoms with Gasteiger partial charge in [-0.25, -0.2) is 0 Å². The average molecular weight is 979 g/mol. The first kappa shape index (κ1) is 51.1. The van der Waals surface area contributed by atoms with Crippen molar-refractivity contribution in [1.82, 2.24) is 0 Å². The van der Waals surface area contributed by atoms with Gasteiger partial charge in [0.2, 0.25) is 0 Å². The van der Waals surface area contributed by atoms with Crippen molar-refractivity contribution in [3.8, 4) is 0 Å². The second-order valence-corrected chi connectivity index (χ2v) is 39.8. The second-order valence-electron chi connectivity index (χ2n) is 26.0. The Balaban J connectivity index is 0.00000340. The summed E-state index contributed by atoms with van der Waals surface area (Å²) in [7, 11) is 0. The van der Waals surface area contributed by atoms with Crippen LogP contribution in [-0.4, -0.2) is 4.21 Å². The van der Waals surface area contributed by atoms with Gasteiger partial charge in [-0.2, -0.15) is 0 Å². The SMILES string of the molecule is Cl.Cl.[CH2]=[Zr]([C]1=C(C)C(C(C)(C)C)=CC1C)([c]1ccc(C(C)(C)C)cc1)([c]1ccc(C(C)(C)C)cc1)[C]1(C)C2=C3Cc4ccccc4C3=C3C=CCCC3C2(C)C(C)(C)C(C)(C)C1(C)C. The van der Waals surface area contributed by atoms with E-state index in [0.717, 1.165) is 12.8 Å². The quantitative estimate of drug-likeness (QED) is 0.244. The molecule has 5 aliphatic carbocycles. The van der Waals surface area contributed by atoms with Gasteiger partial charge in [0, 0.05) is 0 Å². The van der Waals surface area contributed by atoms with Gasteiger partial charge in [0.1, 0.15) is 0 Å². The summed E-state index contributed by atoms with van der Waals surface area (Å²) in [5, 5.41) is 0. The fourth-order valence-corrected chi connectivity index (χ4v) is 38.1. The van der Waals surface area contributed by atoms with E-state index in [1.807, 2.05) is 0 Å². The Labute approximate surface area is 404 Å². The van der Waals surface area contributed by atoms with Crippen molar-refractivity contribution in [2.75, 3.05) is 0 Å². The van der Waals surface area contributed by atoms with Crippen LogP contribution in [-0.2, 0) is 35.5 Å². The van der Waals surface area contributed by atoms with Gasteiger partial charge in [-0.15, -0.1) is 24.8 Å². The molecule has 0 heterocycles. The van der Waals surface area contributed by atoms with Crippen LogP contribution in [0.25, 0.3) is 5.57 Å². The van der Waals surface area contributed by atoms with Gasteiger partial charge in [0.25, 0.3) is 0 Å². The third-order valence-corrected chi connectivity index (χ3v) is 40.6. The fraction of sp³-hybridized carbons (Fsp3) is 0.525. The molecule has 0 spiro atoms. The van der Waals surface area contributed by atoms with E-state index >= 15 is 0 Å². The molecule has 64 heavy (non-hydrogen) atoms. The fourth-order valence-electron chi connectivity index (χ4n) is 15.6. The Morgan fingerprint density at radius 3 is 1.61 bits per heavy atom. The van der Waals surface area contributed by atoms with Gasteiger partial charge < -0.3 is 0 Å². The molecule has 0 radical (unpaired) electrons.